The Balaban J connectivity index is 2.23. The monoisotopic (exact) mass is 321 g/mol. The molecule has 1 fully saturated rings. The lowest BCUT2D eigenvalue weighted by Crippen LogP contribution is -2.30. The molecule has 0 radical (unpaired) electrons. The second kappa shape index (κ2) is 5.71. The molecule has 9 heteroatoms. The maximum atomic E-state index is 12.4. The predicted octanol–water partition coefficient (Wildman–Crippen LogP) is 0.754. The molecule has 0 bridgehead atoms. The van der Waals surface area contributed by atoms with Gasteiger partial charge in [0, 0.05) is 36.8 Å². The number of nitrogens with zero attached hydrogens (tertiary/aromatic N) is 2. The summed E-state index contributed by atoms with van der Waals surface area (Å²) < 4.78 is 28.1. The first kappa shape index (κ1) is 15.3. The lowest BCUT2D eigenvalue weighted by Gasteiger charge is -2.15. The van der Waals surface area contributed by atoms with Crippen molar-refractivity contribution in [3.05, 3.63) is 11.4 Å². The van der Waals surface area contributed by atoms with Crippen LogP contribution in [0.2, 0.25) is 0 Å². The molecule has 0 spiro atoms. The molecule has 0 saturated carbocycles. The average Bonchev–Trinajstić information content (AvgIpc) is 2.94. The highest BCUT2D eigenvalue weighted by Crippen LogP contribution is 2.25. The molecule has 1 amide bonds. The third-order valence-electron chi connectivity index (χ3n) is 3.31. The number of methoxy groups -OCH3 is 1. The van der Waals surface area contributed by atoms with Gasteiger partial charge in [0.1, 0.15) is 4.90 Å². The number of aryl methyl sites for hydroxylation is 1. The molecule has 1 saturated heterocycles. The molecule has 2 rings (SSSR count). The van der Waals surface area contributed by atoms with Gasteiger partial charge in [-0.3, -0.25) is 9.89 Å². The highest BCUT2D eigenvalue weighted by molar-refractivity contribution is 8.13. The largest absolute Gasteiger partial charge is 0.384 e. The van der Waals surface area contributed by atoms with Crippen molar-refractivity contribution in [3.8, 4) is 0 Å². The van der Waals surface area contributed by atoms with Gasteiger partial charge in [0.25, 0.3) is 15.0 Å². The molecular weight excluding hydrogens is 306 g/mol. The van der Waals surface area contributed by atoms with Crippen molar-refractivity contribution in [2.75, 3.05) is 26.8 Å². The molecule has 20 heavy (non-hydrogen) atoms. The van der Waals surface area contributed by atoms with E-state index in [4.69, 9.17) is 15.4 Å². The fourth-order valence-electron chi connectivity index (χ4n) is 2.40. The molecule has 1 aromatic rings. The van der Waals surface area contributed by atoms with Crippen molar-refractivity contribution in [2.24, 2.45) is 5.92 Å². The minimum absolute atomic E-state index is 0.143. The van der Waals surface area contributed by atoms with E-state index in [0.717, 1.165) is 6.42 Å². The number of hydrogen-bond donors (Lipinski definition) is 1. The molecule has 1 aliphatic rings. The summed E-state index contributed by atoms with van der Waals surface area (Å²) in [7, 11) is 2.96. The van der Waals surface area contributed by atoms with E-state index < -0.39 is 15.0 Å². The molecule has 2 heterocycles. The number of hydrogen-bond acceptors (Lipinski definition) is 5. The van der Waals surface area contributed by atoms with Crippen molar-refractivity contribution in [2.45, 2.75) is 18.2 Å². The molecule has 112 valence electrons. The van der Waals surface area contributed by atoms with Crippen LogP contribution in [0.4, 0.5) is 0 Å². The molecule has 7 nitrogen and oxygen atoms in total. The summed E-state index contributed by atoms with van der Waals surface area (Å²) in [6.07, 6.45) is 0.825. The number of ether oxygens (including phenoxy) is 1. The molecule has 1 aliphatic heterocycles. The van der Waals surface area contributed by atoms with Crippen LogP contribution >= 0.6 is 10.7 Å². The van der Waals surface area contributed by atoms with Gasteiger partial charge in [0.15, 0.2) is 5.69 Å². The number of rotatable bonds is 4. The van der Waals surface area contributed by atoms with Gasteiger partial charge in [-0.2, -0.15) is 5.10 Å². The Labute approximate surface area is 121 Å². The Bertz CT molecular complexity index is 613. The van der Waals surface area contributed by atoms with E-state index in [0.29, 0.717) is 19.7 Å². The van der Waals surface area contributed by atoms with E-state index in [2.05, 4.69) is 10.2 Å². The third-order valence-corrected chi connectivity index (χ3v) is 4.76. The quantitative estimate of drug-likeness (QED) is 0.826. The van der Waals surface area contributed by atoms with Gasteiger partial charge in [-0.05, 0) is 13.3 Å². The molecular formula is C11H16ClN3O4S. The molecule has 0 aromatic carbocycles. The van der Waals surface area contributed by atoms with E-state index in [-0.39, 0.29) is 22.2 Å². The van der Waals surface area contributed by atoms with Gasteiger partial charge >= 0.3 is 0 Å². The predicted molar refractivity (Wildman–Crippen MR) is 72.3 cm³/mol. The van der Waals surface area contributed by atoms with Crippen LogP contribution in [0.5, 0.6) is 0 Å². The molecule has 1 N–H and O–H groups in total. The number of carbonyl (C=O) groups excluding carboxylic acids is 1. The first-order valence-electron chi connectivity index (χ1n) is 6.12. The van der Waals surface area contributed by atoms with Gasteiger partial charge in [-0.1, -0.05) is 0 Å². The number of amides is 1. The van der Waals surface area contributed by atoms with E-state index >= 15 is 0 Å². The Morgan fingerprint density at radius 2 is 2.30 bits per heavy atom. The zero-order valence-electron chi connectivity index (χ0n) is 11.2. The molecule has 0 aliphatic carbocycles. The van der Waals surface area contributed by atoms with E-state index in [1.807, 2.05) is 0 Å². The lowest BCUT2D eigenvalue weighted by atomic mass is 10.1. The van der Waals surface area contributed by atoms with Crippen LogP contribution in [0, 0.1) is 12.8 Å². The number of aromatic nitrogens is 2. The Hall–Kier alpha value is -1.12. The zero-order valence-corrected chi connectivity index (χ0v) is 12.8. The highest BCUT2D eigenvalue weighted by atomic mass is 35.7. The van der Waals surface area contributed by atoms with Crippen LogP contribution in [-0.2, 0) is 13.8 Å². The Kier molecular flexibility index (Phi) is 4.36. The smallest absolute Gasteiger partial charge is 0.275 e. The summed E-state index contributed by atoms with van der Waals surface area (Å²) >= 11 is 0. The zero-order chi connectivity index (χ0) is 14.9. The van der Waals surface area contributed by atoms with Crippen molar-refractivity contribution in [3.63, 3.8) is 0 Å². The third kappa shape index (κ3) is 2.97. The maximum Gasteiger partial charge on any atom is 0.275 e. The summed E-state index contributed by atoms with van der Waals surface area (Å²) in [5, 5.41) is 6.29. The normalized spacial score (nSPS) is 19.6. The van der Waals surface area contributed by atoms with Crippen LogP contribution in [-0.4, -0.2) is 56.2 Å². The fraction of sp³-hybridized carbons (Fsp3) is 0.636. The van der Waals surface area contributed by atoms with E-state index in [1.165, 1.54) is 6.92 Å². The van der Waals surface area contributed by atoms with Crippen molar-refractivity contribution < 1.29 is 17.9 Å². The highest BCUT2D eigenvalue weighted by Gasteiger charge is 2.33. The van der Waals surface area contributed by atoms with Gasteiger partial charge < -0.3 is 9.64 Å². The topological polar surface area (TPSA) is 92.4 Å². The van der Waals surface area contributed by atoms with Crippen LogP contribution in [0.15, 0.2) is 4.90 Å². The van der Waals surface area contributed by atoms with Gasteiger partial charge in [-0.25, -0.2) is 8.42 Å². The number of carbonyl (C=O) groups is 1. The SMILES string of the molecule is COCC1CCN(C(=O)c2n[nH]c(C)c2S(=O)(=O)Cl)C1. The first-order chi connectivity index (χ1) is 9.34. The van der Waals surface area contributed by atoms with Crippen molar-refractivity contribution >= 4 is 25.6 Å². The number of aromatic amines is 1. The lowest BCUT2D eigenvalue weighted by molar-refractivity contribution is 0.0766. The molecule has 1 atom stereocenters. The van der Waals surface area contributed by atoms with Gasteiger partial charge in [0.05, 0.1) is 12.3 Å². The second-order valence-corrected chi connectivity index (χ2v) is 7.33. The van der Waals surface area contributed by atoms with Crippen LogP contribution in [0.25, 0.3) is 0 Å². The minimum atomic E-state index is -4.01. The Morgan fingerprint density at radius 1 is 1.60 bits per heavy atom. The number of likely N-dealkylation sites (tertiary alicyclic amines) is 1. The number of halogens is 1. The fourth-order valence-corrected chi connectivity index (χ4v) is 3.74. The second-order valence-electron chi connectivity index (χ2n) is 4.83. The van der Waals surface area contributed by atoms with E-state index in [1.54, 1.807) is 12.0 Å². The minimum Gasteiger partial charge on any atom is -0.384 e. The maximum absolute atomic E-state index is 12.4. The average molecular weight is 322 g/mol. The molecule has 1 unspecified atom stereocenters. The van der Waals surface area contributed by atoms with Crippen LogP contribution < -0.4 is 0 Å². The first-order valence-corrected chi connectivity index (χ1v) is 8.43. The summed E-state index contributed by atoms with van der Waals surface area (Å²) in [5.74, 6) is -0.160. The van der Waals surface area contributed by atoms with Gasteiger partial charge in [-0.15, -0.1) is 0 Å². The van der Waals surface area contributed by atoms with E-state index in [9.17, 15) is 13.2 Å². The van der Waals surface area contributed by atoms with Crippen LogP contribution in [0.1, 0.15) is 22.6 Å². The number of H-pyrrole nitrogens is 1. The van der Waals surface area contributed by atoms with Crippen molar-refractivity contribution in [1.29, 1.82) is 0 Å². The summed E-state index contributed by atoms with van der Waals surface area (Å²) in [6.45, 7) is 3.17. The number of nitrogens with one attached hydrogen (secondary N) is 1. The molecule has 1 aromatic heterocycles. The van der Waals surface area contributed by atoms with Crippen LogP contribution in [0.3, 0.4) is 0 Å². The van der Waals surface area contributed by atoms with Gasteiger partial charge in [0.2, 0.25) is 0 Å². The Morgan fingerprint density at radius 3 is 2.90 bits per heavy atom. The summed E-state index contributed by atoms with van der Waals surface area (Å²) in [4.78, 5) is 13.7. The summed E-state index contributed by atoms with van der Waals surface area (Å²) in [6, 6.07) is 0. The standard InChI is InChI=1S/C11H16ClN3O4S/c1-7-10(20(12,17)18)9(14-13-7)11(16)15-4-3-8(5-15)6-19-2/h8H,3-6H2,1-2H3,(H,13,14). The van der Waals surface area contributed by atoms with Crippen molar-refractivity contribution in [1.82, 2.24) is 15.1 Å². The summed E-state index contributed by atoms with van der Waals surface area (Å²) in [5.41, 5.74) is 0.117.